The summed E-state index contributed by atoms with van der Waals surface area (Å²) < 4.78 is 0. The summed E-state index contributed by atoms with van der Waals surface area (Å²) in [5.41, 5.74) is 0. The molecule has 50 heavy (non-hydrogen) atoms. The van der Waals surface area contributed by atoms with Gasteiger partial charge in [-0.1, -0.05) is 174 Å². The number of nitrogens with zero attached hydrogens (tertiary/aromatic N) is 2. The third kappa shape index (κ3) is 27.3. The summed E-state index contributed by atoms with van der Waals surface area (Å²) in [6.07, 6.45) is 44.9. The summed E-state index contributed by atoms with van der Waals surface area (Å²) in [6.45, 7) is 6.18. The summed E-state index contributed by atoms with van der Waals surface area (Å²) in [5, 5.41) is 3.46. The van der Waals surface area contributed by atoms with Crippen LogP contribution in [-0.4, -0.2) is 60.9 Å². The largest absolute Gasteiger partial charge is 0.352 e. The van der Waals surface area contributed by atoms with Crippen LogP contribution in [0.2, 0.25) is 0 Å². The maximum atomic E-state index is 14.0. The van der Waals surface area contributed by atoms with Crippen molar-refractivity contribution in [1.29, 1.82) is 0 Å². The summed E-state index contributed by atoms with van der Waals surface area (Å²) in [4.78, 5) is 32.0. The summed E-state index contributed by atoms with van der Waals surface area (Å²) in [7, 11) is 4.19. The molecule has 1 fully saturated rings. The Morgan fingerprint density at radius 3 is 1.54 bits per heavy atom. The standard InChI is InChI=1S/C45H87N3O2/c1-5-7-9-11-13-15-17-18-19-20-22-24-26-28-34-39-44(49)48(41-35-40-47(3)4)43(45(50)46-42-36-31-29-30-32-37-42)38-33-27-25-23-21-16-14-12-10-8-6-2/h18-19,42-43H,5-17,20-41H2,1-4H3,(H,46,50)/b19-18-. The van der Waals surface area contributed by atoms with Crippen molar-refractivity contribution in [3.8, 4) is 0 Å². The number of nitrogens with one attached hydrogen (secondary N) is 1. The molecule has 0 saturated heterocycles. The molecule has 0 aromatic rings. The van der Waals surface area contributed by atoms with Gasteiger partial charge in [0, 0.05) is 19.0 Å². The molecule has 0 radical (unpaired) electrons. The van der Waals surface area contributed by atoms with E-state index >= 15 is 0 Å². The van der Waals surface area contributed by atoms with Gasteiger partial charge in [-0.05, 0) is 78.4 Å². The molecule has 294 valence electrons. The van der Waals surface area contributed by atoms with Gasteiger partial charge in [0.1, 0.15) is 6.04 Å². The zero-order chi connectivity index (χ0) is 36.3. The Bertz CT molecular complexity index is 789. The van der Waals surface area contributed by atoms with Crippen LogP contribution in [0, 0.1) is 0 Å². The van der Waals surface area contributed by atoms with Gasteiger partial charge < -0.3 is 15.1 Å². The van der Waals surface area contributed by atoms with Crippen molar-refractivity contribution in [2.45, 2.75) is 238 Å². The molecular formula is C45H87N3O2. The topological polar surface area (TPSA) is 52.7 Å². The van der Waals surface area contributed by atoms with E-state index in [1.165, 1.54) is 154 Å². The SMILES string of the molecule is CCCCCCCC/C=C\CCCCCCCC(=O)N(CCCN(C)C)C(CCCCCCCCCCCCC)C(=O)NC1CCCCCC1. The van der Waals surface area contributed by atoms with Crippen LogP contribution in [0.15, 0.2) is 12.2 Å². The second-order valence-corrected chi connectivity index (χ2v) is 16.1. The highest BCUT2D eigenvalue weighted by Crippen LogP contribution is 2.21. The molecule has 1 N–H and O–H groups in total. The number of allylic oxidation sites excluding steroid dienone is 2. The van der Waals surface area contributed by atoms with Gasteiger partial charge in [-0.15, -0.1) is 0 Å². The van der Waals surface area contributed by atoms with Gasteiger partial charge in [0.05, 0.1) is 0 Å². The molecule has 2 amide bonds. The van der Waals surface area contributed by atoms with E-state index in [4.69, 9.17) is 0 Å². The molecule has 1 atom stereocenters. The second kappa shape index (κ2) is 34.7. The van der Waals surface area contributed by atoms with Crippen LogP contribution in [0.4, 0.5) is 0 Å². The molecule has 0 bridgehead atoms. The Kier molecular flexibility index (Phi) is 32.4. The predicted octanol–water partition coefficient (Wildman–Crippen LogP) is 12.7. The summed E-state index contributed by atoms with van der Waals surface area (Å²) >= 11 is 0. The minimum atomic E-state index is -0.324. The van der Waals surface area contributed by atoms with Gasteiger partial charge in [0.2, 0.25) is 11.8 Å². The van der Waals surface area contributed by atoms with Gasteiger partial charge in [-0.3, -0.25) is 9.59 Å². The zero-order valence-corrected chi connectivity index (χ0v) is 34.3. The molecule has 0 spiro atoms. The molecule has 1 aliphatic rings. The number of hydrogen-bond acceptors (Lipinski definition) is 3. The van der Waals surface area contributed by atoms with Crippen LogP contribution in [-0.2, 0) is 9.59 Å². The first-order chi connectivity index (χ1) is 24.5. The summed E-state index contributed by atoms with van der Waals surface area (Å²) in [5.74, 6) is 0.317. The molecule has 0 aromatic carbocycles. The van der Waals surface area contributed by atoms with Gasteiger partial charge in [0.25, 0.3) is 0 Å². The van der Waals surface area contributed by atoms with Crippen molar-refractivity contribution in [3.05, 3.63) is 12.2 Å². The van der Waals surface area contributed by atoms with Crippen molar-refractivity contribution in [3.63, 3.8) is 0 Å². The van der Waals surface area contributed by atoms with Crippen molar-refractivity contribution < 1.29 is 9.59 Å². The Morgan fingerprint density at radius 2 is 1.04 bits per heavy atom. The van der Waals surface area contributed by atoms with Gasteiger partial charge in [0.15, 0.2) is 0 Å². The highest BCUT2D eigenvalue weighted by molar-refractivity contribution is 5.87. The fraction of sp³-hybridized carbons (Fsp3) is 0.911. The minimum absolute atomic E-state index is 0.117. The third-order valence-corrected chi connectivity index (χ3v) is 10.9. The number of rotatable bonds is 34. The fourth-order valence-corrected chi connectivity index (χ4v) is 7.65. The number of carbonyl (C=O) groups is 2. The lowest BCUT2D eigenvalue weighted by molar-refractivity contribution is -0.141. The number of carbonyl (C=O) groups excluding carboxylic acids is 2. The molecule has 0 aromatic heterocycles. The molecule has 0 heterocycles. The van der Waals surface area contributed by atoms with E-state index < -0.39 is 0 Å². The van der Waals surface area contributed by atoms with E-state index in [0.717, 1.165) is 57.9 Å². The molecule has 5 heteroatoms. The van der Waals surface area contributed by atoms with E-state index in [0.29, 0.717) is 13.0 Å². The quantitative estimate of drug-likeness (QED) is 0.0413. The van der Waals surface area contributed by atoms with Crippen molar-refractivity contribution in [1.82, 2.24) is 15.1 Å². The van der Waals surface area contributed by atoms with Crippen LogP contribution in [0.25, 0.3) is 0 Å². The van der Waals surface area contributed by atoms with Crippen LogP contribution in [0.5, 0.6) is 0 Å². The highest BCUT2D eigenvalue weighted by atomic mass is 16.2. The highest BCUT2D eigenvalue weighted by Gasteiger charge is 2.30. The first-order valence-corrected chi connectivity index (χ1v) is 22.4. The average Bonchev–Trinajstić information content (AvgIpc) is 3.37. The Hall–Kier alpha value is -1.36. The van der Waals surface area contributed by atoms with Gasteiger partial charge >= 0.3 is 0 Å². The minimum Gasteiger partial charge on any atom is -0.352 e. The Labute approximate surface area is 312 Å². The molecule has 1 rings (SSSR count). The van der Waals surface area contributed by atoms with Crippen molar-refractivity contribution in [2.24, 2.45) is 0 Å². The third-order valence-electron chi connectivity index (χ3n) is 10.9. The average molecular weight is 702 g/mol. The Morgan fingerprint density at radius 1 is 0.580 bits per heavy atom. The maximum absolute atomic E-state index is 14.0. The molecule has 1 unspecified atom stereocenters. The predicted molar refractivity (Wildman–Crippen MR) is 219 cm³/mol. The zero-order valence-electron chi connectivity index (χ0n) is 34.3. The monoisotopic (exact) mass is 702 g/mol. The molecular weight excluding hydrogens is 615 g/mol. The fourth-order valence-electron chi connectivity index (χ4n) is 7.65. The smallest absolute Gasteiger partial charge is 0.243 e. The molecule has 0 aliphatic heterocycles. The van der Waals surface area contributed by atoms with E-state index in [2.05, 4.69) is 50.3 Å². The van der Waals surface area contributed by atoms with Crippen LogP contribution in [0.1, 0.15) is 226 Å². The van der Waals surface area contributed by atoms with E-state index in [-0.39, 0.29) is 23.9 Å². The first kappa shape index (κ1) is 46.7. The number of unbranched alkanes of at least 4 members (excludes halogenated alkanes) is 21. The van der Waals surface area contributed by atoms with Crippen LogP contribution >= 0.6 is 0 Å². The normalized spacial score (nSPS) is 14.7. The lowest BCUT2D eigenvalue weighted by Crippen LogP contribution is -2.52. The van der Waals surface area contributed by atoms with Crippen molar-refractivity contribution in [2.75, 3.05) is 27.2 Å². The van der Waals surface area contributed by atoms with Crippen LogP contribution < -0.4 is 5.32 Å². The maximum Gasteiger partial charge on any atom is 0.243 e. The lowest BCUT2D eigenvalue weighted by Gasteiger charge is -2.33. The van der Waals surface area contributed by atoms with E-state index in [9.17, 15) is 9.59 Å². The van der Waals surface area contributed by atoms with Crippen molar-refractivity contribution >= 4 is 11.8 Å². The molecule has 5 nitrogen and oxygen atoms in total. The summed E-state index contributed by atoms with van der Waals surface area (Å²) in [6, 6.07) is -0.0523. The second-order valence-electron chi connectivity index (χ2n) is 16.1. The number of hydrogen-bond donors (Lipinski definition) is 1. The van der Waals surface area contributed by atoms with Gasteiger partial charge in [-0.2, -0.15) is 0 Å². The van der Waals surface area contributed by atoms with Crippen LogP contribution in [0.3, 0.4) is 0 Å². The Balaban J connectivity index is 2.58. The molecule has 1 aliphatic carbocycles. The molecule has 1 saturated carbocycles. The van der Waals surface area contributed by atoms with Gasteiger partial charge in [-0.25, -0.2) is 0 Å². The number of amides is 2. The van der Waals surface area contributed by atoms with E-state index in [1.54, 1.807) is 0 Å². The first-order valence-electron chi connectivity index (χ1n) is 22.4. The lowest BCUT2D eigenvalue weighted by atomic mass is 10.0. The van der Waals surface area contributed by atoms with E-state index in [1.807, 2.05) is 4.90 Å².